The van der Waals surface area contributed by atoms with Crippen molar-refractivity contribution < 1.29 is 4.74 Å². The van der Waals surface area contributed by atoms with Crippen molar-refractivity contribution in [1.82, 2.24) is 10.3 Å². The molecule has 1 aliphatic heterocycles. The maximum atomic E-state index is 5.77. The van der Waals surface area contributed by atoms with Gasteiger partial charge in [-0.05, 0) is 51.3 Å². The Labute approximate surface area is 130 Å². The molecule has 2 atom stereocenters. The molecular weight excluding hydrogens is 280 g/mol. The first-order valence-corrected chi connectivity index (χ1v) is 8.33. The summed E-state index contributed by atoms with van der Waals surface area (Å²) in [6, 6.07) is 8.81. The van der Waals surface area contributed by atoms with Gasteiger partial charge in [-0.15, -0.1) is 11.3 Å². The van der Waals surface area contributed by atoms with Crippen LogP contribution in [-0.2, 0) is 0 Å². The quantitative estimate of drug-likeness (QED) is 0.927. The van der Waals surface area contributed by atoms with Crippen LogP contribution in [0.3, 0.4) is 0 Å². The van der Waals surface area contributed by atoms with Crippen LogP contribution in [0.25, 0.3) is 0 Å². The summed E-state index contributed by atoms with van der Waals surface area (Å²) < 4.78 is 5.77. The minimum atomic E-state index is 0.368. The van der Waals surface area contributed by atoms with Crippen LogP contribution >= 0.6 is 11.3 Å². The van der Waals surface area contributed by atoms with Crippen molar-refractivity contribution in [2.75, 3.05) is 13.7 Å². The molecule has 3 rings (SSSR count). The third-order valence-electron chi connectivity index (χ3n) is 4.21. The molecule has 1 aliphatic rings. The van der Waals surface area contributed by atoms with Crippen LogP contribution in [0.15, 0.2) is 24.3 Å². The second-order valence-electron chi connectivity index (χ2n) is 5.63. The predicted molar refractivity (Wildman–Crippen MR) is 87.3 cm³/mol. The summed E-state index contributed by atoms with van der Waals surface area (Å²) in [5.41, 5.74) is 2.51. The number of nitrogens with one attached hydrogen (secondary N) is 1. The van der Waals surface area contributed by atoms with Crippen LogP contribution in [0.1, 0.15) is 45.9 Å². The molecular formula is C17H22N2OS. The average Bonchev–Trinajstić information content (AvgIpc) is 2.83. The lowest BCUT2D eigenvalue weighted by Gasteiger charge is -2.28. The van der Waals surface area contributed by atoms with Crippen molar-refractivity contribution in [1.29, 1.82) is 0 Å². The standard InChI is InChI=1S/C17H22N2OS/c1-11-17(21-12(2)19-11)15(18-3)10-13-8-9-20-16-7-5-4-6-14(13)16/h4-7,13,15,18H,8-10H2,1-3H3. The van der Waals surface area contributed by atoms with E-state index in [4.69, 9.17) is 4.74 Å². The van der Waals surface area contributed by atoms with Gasteiger partial charge in [0, 0.05) is 10.9 Å². The Morgan fingerprint density at radius 2 is 2.19 bits per heavy atom. The molecule has 2 unspecified atom stereocenters. The maximum Gasteiger partial charge on any atom is 0.122 e. The number of rotatable bonds is 4. The number of benzene rings is 1. The van der Waals surface area contributed by atoms with E-state index in [1.807, 2.05) is 24.5 Å². The molecule has 2 aromatic rings. The van der Waals surface area contributed by atoms with Gasteiger partial charge in [-0.3, -0.25) is 0 Å². The number of nitrogens with zero attached hydrogens (tertiary/aromatic N) is 1. The Kier molecular flexibility index (Phi) is 4.27. The van der Waals surface area contributed by atoms with Gasteiger partial charge in [-0.2, -0.15) is 0 Å². The van der Waals surface area contributed by atoms with Crippen molar-refractivity contribution in [3.8, 4) is 5.75 Å². The van der Waals surface area contributed by atoms with Gasteiger partial charge in [0.15, 0.2) is 0 Å². The Hall–Kier alpha value is -1.39. The van der Waals surface area contributed by atoms with Gasteiger partial charge in [0.25, 0.3) is 0 Å². The van der Waals surface area contributed by atoms with E-state index in [2.05, 4.69) is 42.3 Å². The molecule has 0 fully saturated rings. The Morgan fingerprint density at radius 3 is 2.90 bits per heavy atom. The number of fused-ring (bicyclic) bond motifs is 1. The van der Waals surface area contributed by atoms with E-state index in [1.54, 1.807) is 0 Å². The van der Waals surface area contributed by atoms with Gasteiger partial charge < -0.3 is 10.1 Å². The van der Waals surface area contributed by atoms with E-state index in [-0.39, 0.29) is 0 Å². The molecule has 4 heteroatoms. The summed E-state index contributed by atoms with van der Waals surface area (Å²) in [5.74, 6) is 1.61. The summed E-state index contributed by atoms with van der Waals surface area (Å²) in [5, 5.41) is 4.63. The van der Waals surface area contributed by atoms with E-state index in [0.717, 1.165) is 35.9 Å². The fourth-order valence-electron chi connectivity index (χ4n) is 3.17. The van der Waals surface area contributed by atoms with Gasteiger partial charge in [-0.1, -0.05) is 18.2 Å². The van der Waals surface area contributed by atoms with Crippen molar-refractivity contribution in [2.45, 2.75) is 38.6 Å². The molecule has 1 aromatic carbocycles. The second-order valence-corrected chi connectivity index (χ2v) is 6.87. The molecule has 0 amide bonds. The Balaban J connectivity index is 1.84. The van der Waals surface area contributed by atoms with Crippen LogP contribution in [0.4, 0.5) is 0 Å². The third kappa shape index (κ3) is 2.97. The molecule has 21 heavy (non-hydrogen) atoms. The summed E-state index contributed by atoms with van der Waals surface area (Å²) in [6.45, 7) is 5.01. The number of aryl methyl sites for hydroxylation is 2. The number of hydrogen-bond donors (Lipinski definition) is 1. The molecule has 1 aromatic heterocycles. The number of hydrogen-bond acceptors (Lipinski definition) is 4. The summed E-state index contributed by atoms with van der Waals surface area (Å²) >= 11 is 1.81. The van der Waals surface area contributed by atoms with Gasteiger partial charge in [0.2, 0.25) is 0 Å². The van der Waals surface area contributed by atoms with Crippen LogP contribution in [0.5, 0.6) is 5.75 Å². The minimum absolute atomic E-state index is 0.368. The van der Waals surface area contributed by atoms with Crippen molar-refractivity contribution in [2.24, 2.45) is 0 Å². The van der Waals surface area contributed by atoms with Crippen LogP contribution < -0.4 is 10.1 Å². The Bertz CT molecular complexity index is 623. The smallest absolute Gasteiger partial charge is 0.122 e. The highest BCUT2D eigenvalue weighted by Crippen LogP contribution is 2.40. The van der Waals surface area contributed by atoms with Gasteiger partial charge in [0.05, 0.1) is 17.3 Å². The zero-order chi connectivity index (χ0) is 14.8. The van der Waals surface area contributed by atoms with E-state index in [0.29, 0.717) is 12.0 Å². The predicted octanol–water partition coefficient (Wildman–Crippen LogP) is 3.98. The maximum absolute atomic E-state index is 5.77. The topological polar surface area (TPSA) is 34.1 Å². The van der Waals surface area contributed by atoms with Gasteiger partial charge in [-0.25, -0.2) is 4.98 Å². The van der Waals surface area contributed by atoms with E-state index in [9.17, 15) is 0 Å². The van der Waals surface area contributed by atoms with E-state index in [1.165, 1.54) is 10.4 Å². The van der Waals surface area contributed by atoms with E-state index < -0.39 is 0 Å². The first-order valence-electron chi connectivity index (χ1n) is 7.52. The third-order valence-corrected chi connectivity index (χ3v) is 5.39. The zero-order valence-electron chi connectivity index (χ0n) is 12.8. The molecule has 0 saturated heterocycles. The molecule has 2 heterocycles. The lowest BCUT2D eigenvalue weighted by molar-refractivity contribution is 0.256. The van der Waals surface area contributed by atoms with Gasteiger partial charge >= 0.3 is 0 Å². The largest absolute Gasteiger partial charge is 0.493 e. The molecule has 0 aliphatic carbocycles. The highest BCUT2D eigenvalue weighted by Gasteiger charge is 2.26. The minimum Gasteiger partial charge on any atom is -0.493 e. The normalized spacial score (nSPS) is 18.9. The number of ether oxygens (including phenoxy) is 1. The first-order chi connectivity index (χ1) is 10.2. The molecule has 0 spiro atoms. The SMILES string of the molecule is CNC(CC1CCOc2ccccc21)c1sc(C)nc1C. The lowest BCUT2D eigenvalue weighted by atomic mass is 9.87. The fourth-order valence-corrected chi connectivity index (χ4v) is 4.22. The highest BCUT2D eigenvalue weighted by atomic mass is 32.1. The van der Waals surface area contributed by atoms with Crippen LogP contribution in [-0.4, -0.2) is 18.6 Å². The van der Waals surface area contributed by atoms with Crippen molar-refractivity contribution in [3.63, 3.8) is 0 Å². The van der Waals surface area contributed by atoms with E-state index >= 15 is 0 Å². The Morgan fingerprint density at radius 1 is 1.38 bits per heavy atom. The highest BCUT2D eigenvalue weighted by molar-refractivity contribution is 7.11. The van der Waals surface area contributed by atoms with Crippen LogP contribution in [0.2, 0.25) is 0 Å². The summed E-state index contributed by atoms with van der Waals surface area (Å²) in [6.07, 6.45) is 2.19. The number of thiazole rings is 1. The van der Waals surface area contributed by atoms with Gasteiger partial charge in [0.1, 0.15) is 5.75 Å². The van der Waals surface area contributed by atoms with Crippen LogP contribution in [0, 0.1) is 13.8 Å². The summed E-state index contributed by atoms with van der Waals surface area (Å²) in [7, 11) is 2.05. The molecule has 3 nitrogen and oxygen atoms in total. The average molecular weight is 302 g/mol. The van der Waals surface area contributed by atoms with Crippen molar-refractivity contribution in [3.05, 3.63) is 45.4 Å². The first kappa shape index (κ1) is 14.5. The monoisotopic (exact) mass is 302 g/mol. The second kappa shape index (κ2) is 6.16. The molecule has 1 N–H and O–H groups in total. The molecule has 0 bridgehead atoms. The summed E-state index contributed by atoms with van der Waals surface area (Å²) in [4.78, 5) is 5.95. The molecule has 0 radical (unpaired) electrons. The number of aromatic nitrogens is 1. The number of para-hydroxylation sites is 1. The molecule has 0 saturated carbocycles. The zero-order valence-corrected chi connectivity index (χ0v) is 13.7. The lowest BCUT2D eigenvalue weighted by Crippen LogP contribution is -2.22. The molecule has 112 valence electrons. The van der Waals surface area contributed by atoms with Crippen molar-refractivity contribution >= 4 is 11.3 Å². The fraction of sp³-hybridized carbons (Fsp3) is 0.471.